The maximum atomic E-state index is 5.70. The maximum absolute atomic E-state index is 5.70. The Bertz CT molecular complexity index is 583. The average Bonchev–Trinajstić information content (AvgIpc) is 3.10. The van der Waals surface area contributed by atoms with Crippen LogP contribution in [0.2, 0.25) is 0 Å². The monoisotopic (exact) mass is 385 g/mol. The summed E-state index contributed by atoms with van der Waals surface area (Å²) >= 11 is 0. The summed E-state index contributed by atoms with van der Waals surface area (Å²) in [6.07, 6.45) is 16.9. The van der Waals surface area contributed by atoms with E-state index in [1.807, 2.05) is 0 Å². The molecule has 0 aromatic carbocycles. The minimum atomic E-state index is 0.577. The standard InChI is InChI=1S/C26H43NO/c1-4-6-19-17-20-8-9-21-22-7-5-11-25(22,2)12-10-23(21)26(20,3)18-24(19)27-13-15-28-16-14-27/h4,19-24H,1,5-18H2,2-3H3/t19?,20?,21-,22-,23-,24-,25-,26-/m0/s1. The molecule has 2 heteroatoms. The van der Waals surface area contributed by atoms with Crippen molar-refractivity contribution in [3.8, 4) is 0 Å². The minimum absolute atomic E-state index is 0.577. The first kappa shape index (κ1) is 19.6. The Balaban J connectivity index is 1.41. The van der Waals surface area contributed by atoms with Crippen LogP contribution in [0, 0.1) is 40.4 Å². The lowest BCUT2D eigenvalue weighted by atomic mass is 9.44. The zero-order valence-corrected chi connectivity index (χ0v) is 18.5. The van der Waals surface area contributed by atoms with E-state index in [1.54, 1.807) is 0 Å². The second-order valence-electron chi connectivity index (χ2n) is 11.7. The zero-order valence-electron chi connectivity index (χ0n) is 18.5. The predicted molar refractivity (Wildman–Crippen MR) is 116 cm³/mol. The van der Waals surface area contributed by atoms with Crippen LogP contribution in [0.15, 0.2) is 12.7 Å². The normalized spacial score (nSPS) is 51.8. The van der Waals surface area contributed by atoms with Crippen molar-refractivity contribution in [3.05, 3.63) is 12.7 Å². The van der Waals surface area contributed by atoms with E-state index < -0.39 is 0 Å². The van der Waals surface area contributed by atoms with Crippen molar-refractivity contribution >= 4 is 0 Å². The van der Waals surface area contributed by atoms with Crippen LogP contribution in [0.4, 0.5) is 0 Å². The van der Waals surface area contributed by atoms with Crippen LogP contribution in [0.25, 0.3) is 0 Å². The molecule has 0 spiro atoms. The second-order valence-corrected chi connectivity index (χ2v) is 11.7. The van der Waals surface area contributed by atoms with Gasteiger partial charge in [-0.25, -0.2) is 0 Å². The minimum Gasteiger partial charge on any atom is -0.379 e. The second kappa shape index (κ2) is 7.41. The molecule has 0 radical (unpaired) electrons. The highest BCUT2D eigenvalue weighted by molar-refractivity contribution is 5.10. The van der Waals surface area contributed by atoms with Gasteiger partial charge in [-0.05, 0) is 98.2 Å². The lowest BCUT2D eigenvalue weighted by molar-refractivity contribution is -0.136. The van der Waals surface area contributed by atoms with Gasteiger partial charge in [0.05, 0.1) is 13.2 Å². The SMILES string of the molecule is C=CCC1CC2CC[C@H]3[C@@H]4CCC[C@@]4(C)CC[C@@H]3[C@@]2(C)C[C@@H]1N1CCOCC1. The molecule has 0 aromatic rings. The number of fused-ring (bicyclic) bond motifs is 5. The summed E-state index contributed by atoms with van der Waals surface area (Å²) < 4.78 is 5.70. The highest BCUT2D eigenvalue weighted by atomic mass is 16.5. The molecule has 4 aliphatic carbocycles. The van der Waals surface area contributed by atoms with Gasteiger partial charge in [0.15, 0.2) is 0 Å². The van der Waals surface area contributed by atoms with Crippen molar-refractivity contribution in [1.82, 2.24) is 4.90 Å². The first-order chi connectivity index (χ1) is 13.5. The summed E-state index contributed by atoms with van der Waals surface area (Å²) in [6, 6.07) is 0.763. The number of rotatable bonds is 3. The van der Waals surface area contributed by atoms with E-state index in [9.17, 15) is 0 Å². The lowest BCUT2D eigenvalue weighted by Gasteiger charge is -2.63. The fourth-order valence-electron chi connectivity index (χ4n) is 9.18. The first-order valence-corrected chi connectivity index (χ1v) is 12.5. The van der Waals surface area contributed by atoms with Gasteiger partial charge in [0.2, 0.25) is 0 Å². The van der Waals surface area contributed by atoms with Crippen molar-refractivity contribution in [3.63, 3.8) is 0 Å². The molecule has 0 amide bonds. The van der Waals surface area contributed by atoms with Gasteiger partial charge in [-0.1, -0.05) is 26.3 Å². The molecule has 158 valence electrons. The quantitative estimate of drug-likeness (QED) is 0.559. The number of nitrogens with zero attached hydrogens (tertiary/aromatic N) is 1. The van der Waals surface area contributed by atoms with Crippen LogP contribution < -0.4 is 0 Å². The average molecular weight is 386 g/mol. The summed E-state index contributed by atoms with van der Waals surface area (Å²) in [6.45, 7) is 13.7. The fourth-order valence-corrected chi connectivity index (χ4v) is 9.18. The molecule has 2 nitrogen and oxygen atoms in total. The number of morpholine rings is 1. The van der Waals surface area contributed by atoms with Gasteiger partial charge >= 0.3 is 0 Å². The van der Waals surface area contributed by atoms with Gasteiger partial charge in [0.1, 0.15) is 0 Å². The van der Waals surface area contributed by atoms with Gasteiger partial charge in [-0.2, -0.15) is 0 Å². The maximum Gasteiger partial charge on any atom is 0.0594 e. The summed E-state index contributed by atoms with van der Waals surface area (Å²) in [5.41, 5.74) is 1.27. The molecule has 0 N–H and O–H groups in total. The molecule has 0 aromatic heterocycles. The van der Waals surface area contributed by atoms with Crippen LogP contribution in [-0.4, -0.2) is 37.2 Å². The third-order valence-electron chi connectivity index (χ3n) is 10.6. The molecule has 5 rings (SSSR count). The molecule has 8 atom stereocenters. The molecule has 4 saturated carbocycles. The van der Waals surface area contributed by atoms with Crippen LogP contribution in [0.3, 0.4) is 0 Å². The molecule has 2 unspecified atom stereocenters. The molecular weight excluding hydrogens is 342 g/mol. The molecule has 5 fully saturated rings. The summed E-state index contributed by atoms with van der Waals surface area (Å²) in [5.74, 6) is 4.85. The highest BCUT2D eigenvalue weighted by Crippen LogP contribution is 2.67. The Morgan fingerprint density at radius 1 is 1.04 bits per heavy atom. The molecular formula is C26H43NO. The molecule has 1 aliphatic heterocycles. The Morgan fingerprint density at radius 3 is 2.64 bits per heavy atom. The molecule has 1 heterocycles. The van der Waals surface area contributed by atoms with Crippen LogP contribution >= 0.6 is 0 Å². The van der Waals surface area contributed by atoms with E-state index in [0.29, 0.717) is 10.8 Å². The van der Waals surface area contributed by atoms with E-state index in [1.165, 1.54) is 64.2 Å². The van der Waals surface area contributed by atoms with Crippen molar-refractivity contribution in [1.29, 1.82) is 0 Å². The number of hydrogen-bond donors (Lipinski definition) is 0. The van der Waals surface area contributed by atoms with Gasteiger partial charge in [-0.15, -0.1) is 6.58 Å². The van der Waals surface area contributed by atoms with Crippen LogP contribution in [0.1, 0.15) is 78.1 Å². The molecule has 5 aliphatic rings. The third kappa shape index (κ3) is 3.04. The number of hydrogen-bond acceptors (Lipinski definition) is 2. The summed E-state index contributed by atoms with van der Waals surface area (Å²) in [5, 5.41) is 0. The fraction of sp³-hybridized carbons (Fsp3) is 0.923. The van der Waals surface area contributed by atoms with Crippen molar-refractivity contribution < 1.29 is 4.74 Å². The van der Waals surface area contributed by atoms with E-state index in [-0.39, 0.29) is 0 Å². The predicted octanol–water partition coefficient (Wildman–Crippen LogP) is 5.92. The van der Waals surface area contributed by atoms with Gasteiger partial charge in [0, 0.05) is 19.1 Å². The number of ether oxygens (including phenoxy) is 1. The van der Waals surface area contributed by atoms with Crippen molar-refractivity contribution in [2.45, 2.75) is 84.1 Å². The Morgan fingerprint density at radius 2 is 1.86 bits per heavy atom. The lowest BCUT2D eigenvalue weighted by Crippen LogP contribution is -2.59. The van der Waals surface area contributed by atoms with Crippen LogP contribution in [-0.2, 0) is 4.74 Å². The number of allylic oxidation sites excluding steroid dienone is 1. The van der Waals surface area contributed by atoms with Crippen molar-refractivity contribution in [2.24, 2.45) is 40.4 Å². The van der Waals surface area contributed by atoms with Gasteiger partial charge in [0.25, 0.3) is 0 Å². The Kier molecular flexibility index (Phi) is 5.19. The largest absolute Gasteiger partial charge is 0.379 e. The van der Waals surface area contributed by atoms with Gasteiger partial charge < -0.3 is 4.74 Å². The molecule has 28 heavy (non-hydrogen) atoms. The van der Waals surface area contributed by atoms with E-state index in [4.69, 9.17) is 4.74 Å². The summed E-state index contributed by atoms with van der Waals surface area (Å²) in [7, 11) is 0. The third-order valence-corrected chi connectivity index (χ3v) is 10.6. The Hall–Kier alpha value is -0.340. The summed E-state index contributed by atoms with van der Waals surface area (Å²) in [4.78, 5) is 2.81. The van der Waals surface area contributed by atoms with E-state index in [0.717, 1.165) is 61.9 Å². The van der Waals surface area contributed by atoms with Crippen molar-refractivity contribution in [2.75, 3.05) is 26.3 Å². The molecule has 1 saturated heterocycles. The van der Waals surface area contributed by atoms with Gasteiger partial charge in [-0.3, -0.25) is 4.90 Å². The highest BCUT2D eigenvalue weighted by Gasteiger charge is 2.59. The topological polar surface area (TPSA) is 12.5 Å². The van der Waals surface area contributed by atoms with E-state index in [2.05, 4.69) is 31.4 Å². The van der Waals surface area contributed by atoms with Crippen LogP contribution in [0.5, 0.6) is 0 Å². The smallest absolute Gasteiger partial charge is 0.0594 e. The Labute approximate surface area is 173 Å². The van der Waals surface area contributed by atoms with E-state index >= 15 is 0 Å². The zero-order chi connectivity index (χ0) is 19.4. The molecule has 0 bridgehead atoms. The first-order valence-electron chi connectivity index (χ1n) is 12.5.